The predicted molar refractivity (Wildman–Crippen MR) is 133 cm³/mol. The maximum absolute atomic E-state index is 12.3. The highest BCUT2D eigenvalue weighted by molar-refractivity contribution is 6.30. The molecule has 1 aliphatic rings. The van der Waals surface area contributed by atoms with Crippen LogP contribution in [0.1, 0.15) is 30.1 Å². The average molecular weight is 477 g/mol. The standard InChI is InChI=1S/C26H25ClN4O3/c1-17-15-31(26(33)29-25(17)32)20-9-11-30(12-10-20)16-19-14-24(22-7-2-3-8-23(22)28-19)34-21-6-4-5-18(27)13-21/h2-8,13-15,20H,9-12,16H2,1H3,(H,29,32,33). The molecule has 8 heteroatoms. The molecule has 0 spiro atoms. The van der Waals surface area contributed by atoms with Crippen LogP contribution in [-0.2, 0) is 6.54 Å². The van der Waals surface area contributed by atoms with Crippen molar-refractivity contribution in [3.63, 3.8) is 0 Å². The number of nitrogens with zero attached hydrogens (tertiary/aromatic N) is 3. The number of benzene rings is 2. The van der Waals surface area contributed by atoms with Crippen LogP contribution in [0.25, 0.3) is 10.9 Å². The van der Waals surface area contributed by atoms with Crippen LogP contribution >= 0.6 is 11.6 Å². The molecular formula is C26H25ClN4O3. The van der Waals surface area contributed by atoms with Crippen molar-refractivity contribution in [2.45, 2.75) is 32.4 Å². The third-order valence-electron chi connectivity index (χ3n) is 6.24. The summed E-state index contributed by atoms with van der Waals surface area (Å²) in [5.41, 5.74) is 1.69. The van der Waals surface area contributed by atoms with E-state index in [0.717, 1.165) is 48.3 Å². The number of aromatic amines is 1. The second-order valence-electron chi connectivity index (χ2n) is 8.67. The first-order chi connectivity index (χ1) is 16.5. The lowest BCUT2D eigenvalue weighted by atomic mass is 10.0. The fraction of sp³-hybridized carbons (Fsp3) is 0.269. The molecule has 1 N–H and O–H groups in total. The summed E-state index contributed by atoms with van der Waals surface area (Å²) < 4.78 is 7.87. The molecule has 2 aromatic heterocycles. The number of piperidine rings is 1. The first-order valence-corrected chi connectivity index (χ1v) is 11.7. The highest BCUT2D eigenvalue weighted by Crippen LogP contribution is 2.32. The van der Waals surface area contributed by atoms with E-state index in [-0.39, 0.29) is 17.3 Å². The van der Waals surface area contributed by atoms with Gasteiger partial charge in [-0.15, -0.1) is 0 Å². The van der Waals surface area contributed by atoms with E-state index in [4.69, 9.17) is 21.3 Å². The topological polar surface area (TPSA) is 80.2 Å². The molecule has 1 saturated heterocycles. The molecule has 7 nitrogen and oxygen atoms in total. The van der Waals surface area contributed by atoms with Crippen LogP contribution in [-0.4, -0.2) is 32.5 Å². The Bertz CT molecular complexity index is 1450. The predicted octanol–water partition coefficient (Wildman–Crippen LogP) is 4.68. The third-order valence-corrected chi connectivity index (χ3v) is 6.47. The molecule has 4 aromatic rings. The number of ether oxygens (including phenoxy) is 1. The Kier molecular flexibility index (Phi) is 6.22. The van der Waals surface area contributed by atoms with Crippen molar-refractivity contribution in [3.05, 3.63) is 97.9 Å². The fourth-order valence-electron chi connectivity index (χ4n) is 4.46. The summed E-state index contributed by atoms with van der Waals surface area (Å²) >= 11 is 6.13. The van der Waals surface area contributed by atoms with Crippen LogP contribution in [0.3, 0.4) is 0 Å². The molecule has 0 aliphatic carbocycles. The van der Waals surface area contributed by atoms with Crippen molar-refractivity contribution >= 4 is 22.5 Å². The van der Waals surface area contributed by atoms with Gasteiger partial charge in [-0.05, 0) is 50.1 Å². The Morgan fingerprint density at radius 2 is 1.88 bits per heavy atom. The normalized spacial score (nSPS) is 15.0. The summed E-state index contributed by atoms with van der Waals surface area (Å²) in [7, 11) is 0. The maximum Gasteiger partial charge on any atom is 0.328 e. The highest BCUT2D eigenvalue weighted by atomic mass is 35.5. The molecule has 1 fully saturated rings. The Morgan fingerprint density at radius 1 is 1.09 bits per heavy atom. The first-order valence-electron chi connectivity index (χ1n) is 11.3. The third kappa shape index (κ3) is 4.76. The minimum atomic E-state index is -0.340. The number of hydrogen-bond acceptors (Lipinski definition) is 5. The van der Waals surface area contributed by atoms with E-state index in [1.807, 2.05) is 48.5 Å². The van der Waals surface area contributed by atoms with Gasteiger partial charge in [-0.1, -0.05) is 29.8 Å². The molecule has 0 unspecified atom stereocenters. The van der Waals surface area contributed by atoms with Crippen LogP contribution < -0.4 is 16.0 Å². The Morgan fingerprint density at radius 3 is 2.68 bits per heavy atom. The average Bonchev–Trinajstić information content (AvgIpc) is 2.82. The Hall–Kier alpha value is -3.42. The largest absolute Gasteiger partial charge is 0.457 e. The molecule has 0 bridgehead atoms. The molecular weight excluding hydrogens is 452 g/mol. The number of H-pyrrole nitrogens is 1. The summed E-state index contributed by atoms with van der Waals surface area (Å²) in [5, 5.41) is 1.56. The van der Waals surface area contributed by atoms with E-state index in [1.165, 1.54) is 0 Å². The van der Waals surface area contributed by atoms with Crippen LogP contribution in [0.4, 0.5) is 0 Å². The molecule has 0 saturated carbocycles. The highest BCUT2D eigenvalue weighted by Gasteiger charge is 2.22. The number of hydrogen-bond donors (Lipinski definition) is 1. The van der Waals surface area contributed by atoms with Gasteiger partial charge in [-0.2, -0.15) is 0 Å². The zero-order chi connectivity index (χ0) is 23.7. The second-order valence-corrected chi connectivity index (χ2v) is 9.11. The number of aryl methyl sites for hydroxylation is 1. The molecule has 0 atom stereocenters. The van der Waals surface area contributed by atoms with Gasteiger partial charge >= 0.3 is 5.69 Å². The number of likely N-dealkylation sites (tertiary alicyclic amines) is 1. The first kappa shape index (κ1) is 22.4. The van der Waals surface area contributed by atoms with Gasteiger partial charge in [0.15, 0.2) is 0 Å². The zero-order valence-electron chi connectivity index (χ0n) is 18.8. The molecule has 0 radical (unpaired) electrons. The molecule has 34 heavy (non-hydrogen) atoms. The van der Waals surface area contributed by atoms with E-state index in [2.05, 4.69) is 9.88 Å². The number of para-hydroxylation sites is 1. The van der Waals surface area contributed by atoms with Gasteiger partial charge < -0.3 is 4.74 Å². The van der Waals surface area contributed by atoms with Crippen molar-refractivity contribution < 1.29 is 4.74 Å². The molecule has 5 rings (SSSR count). The van der Waals surface area contributed by atoms with Crippen molar-refractivity contribution in [2.24, 2.45) is 0 Å². The number of halogens is 1. The van der Waals surface area contributed by atoms with Gasteiger partial charge in [0.25, 0.3) is 5.56 Å². The SMILES string of the molecule is Cc1cn(C2CCN(Cc3cc(Oc4cccc(Cl)c4)c4ccccc4n3)CC2)c(=O)[nH]c1=O. The molecule has 1 aliphatic heterocycles. The van der Waals surface area contributed by atoms with Crippen LogP contribution in [0.5, 0.6) is 11.5 Å². The second kappa shape index (κ2) is 9.44. The maximum atomic E-state index is 12.3. The summed E-state index contributed by atoms with van der Waals surface area (Å²) in [5.74, 6) is 1.42. The lowest BCUT2D eigenvalue weighted by Gasteiger charge is -2.32. The quantitative estimate of drug-likeness (QED) is 0.452. The van der Waals surface area contributed by atoms with Crippen LogP contribution in [0.15, 0.2) is 70.4 Å². The number of aromatic nitrogens is 3. The van der Waals surface area contributed by atoms with Crippen molar-refractivity contribution in [1.29, 1.82) is 0 Å². The Labute approximate surface area is 201 Å². The monoisotopic (exact) mass is 476 g/mol. The van der Waals surface area contributed by atoms with Gasteiger partial charge in [-0.25, -0.2) is 4.79 Å². The lowest BCUT2D eigenvalue weighted by Crippen LogP contribution is -2.39. The summed E-state index contributed by atoms with van der Waals surface area (Å²) in [6.07, 6.45) is 3.32. The number of fused-ring (bicyclic) bond motifs is 1. The smallest absolute Gasteiger partial charge is 0.328 e. The van der Waals surface area contributed by atoms with Gasteiger partial charge in [0.2, 0.25) is 0 Å². The molecule has 2 aromatic carbocycles. The zero-order valence-corrected chi connectivity index (χ0v) is 19.6. The fourth-order valence-corrected chi connectivity index (χ4v) is 4.64. The summed E-state index contributed by atoms with van der Waals surface area (Å²) in [6, 6.07) is 17.3. The van der Waals surface area contributed by atoms with E-state index in [1.54, 1.807) is 23.8 Å². The Balaban J connectivity index is 1.34. The molecule has 174 valence electrons. The summed E-state index contributed by atoms with van der Waals surface area (Å²) in [4.78, 5) is 33.5. The van der Waals surface area contributed by atoms with E-state index in [0.29, 0.717) is 22.9 Å². The van der Waals surface area contributed by atoms with E-state index in [9.17, 15) is 9.59 Å². The number of nitrogens with one attached hydrogen (secondary N) is 1. The number of rotatable bonds is 5. The van der Waals surface area contributed by atoms with Gasteiger partial charge in [0.05, 0.1) is 11.2 Å². The van der Waals surface area contributed by atoms with Crippen molar-refractivity contribution in [3.8, 4) is 11.5 Å². The summed E-state index contributed by atoms with van der Waals surface area (Å²) in [6.45, 7) is 4.06. The lowest BCUT2D eigenvalue weighted by molar-refractivity contribution is 0.175. The number of pyridine rings is 1. The molecule has 3 heterocycles. The van der Waals surface area contributed by atoms with E-state index >= 15 is 0 Å². The van der Waals surface area contributed by atoms with Crippen LogP contribution in [0.2, 0.25) is 5.02 Å². The van der Waals surface area contributed by atoms with Crippen molar-refractivity contribution in [2.75, 3.05) is 13.1 Å². The van der Waals surface area contributed by atoms with Gasteiger partial charge in [-0.3, -0.25) is 24.2 Å². The van der Waals surface area contributed by atoms with E-state index < -0.39 is 0 Å². The van der Waals surface area contributed by atoms with Gasteiger partial charge in [0.1, 0.15) is 11.5 Å². The minimum absolute atomic E-state index is 0.0746. The van der Waals surface area contributed by atoms with Gasteiger partial charge in [0, 0.05) is 53.9 Å². The molecule has 0 amide bonds. The van der Waals surface area contributed by atoms with Crippen molar-refractivity contribution in [1.82, 2.24) is 19.4 Å². The minimum Gasteiger partial charge on any atom is -0.457 e. The van der Waals surface area contributed by atoms with Crippen LogP contribution in [0, 0.1) is 6.92 Å².